The van der Waals surface area contributed by atoms with Gasteiger partial charge in [-0.15, -0.1) is 0 Å². The molecule has 1 atom stereocenters. The predicted molar refractivity (Wildman–Crippen MR) is 131 cm³/mol. The molecule has 1 unspecified atom stereocenters. The predicted octanol–water partition coefficient (Wildman–Crippen LogP) is 2.74. The van der Waals surface area contributed by atoms with E-state index in [1.54, 1.807) is 16.9 Å². The van der Waals surface area contributed by atoms with E-state index in [0.29, 0.717) is 47.8 Å². The summed E-state index contributed by atoms with van der Waals surface area (Å²) in [6, 6.07) is 3.79. The highest BCUT2D eigenvalue weighted by molar-refractivity contribution is 9.10. The minimum absolute atomic E-state index is 0.00786. The SMILES string of the molecule is COC(c1cc(Br)c2c(c1Cl)C(=O)N(Cc1c(C)cc(C)[nH]c1=O)CC2)C1CN(C(=O)CO)C1. The fourth-order valence-electron chi connectivity index (χ4n) is 4.86. The number of nitrogens with zero attached hydrogens (tertiary/aromatic N) is 2. The Kier molecular flexibility index (Phi) is 7.19. The number of carbonyl (C=O) groups is 2. The lowest BCUT2D eigenvalue weighted by molar-refractivity contribution is -0.144. The van der Waals surface area contributed by atoms with Crippen molar-refractivity contribution in [3.63, 3.8) is 0 Å². The topological polar surface area (TPSA) is 103 Å². The summed E-state index contributed by atoms with van der Waals surface area (Å²) in [5, 5.41) is 9.41. The van der Waals surface area contributed by atoms with E-state index in [2.05, 4.69) is 20.9 Å². The molecule has 8 nitrogen and oxygen atoms in total. The molecule has 34 heavy (non-hydrogen) atoms. The molecule has 2 aromatic rings. The zero-order valence-corrected chi connectivity index (χ0v) is 21.6. The van der Waals surface area contributed by atoms with Gasteiger partial charge < -0.3 is 24.6 Å². The second kappa shape index (κ2) is 9.81. The van der Waals surface area contributed by atoms with Crippen molar-refractivity contribution >= 4 is 39.3 Å². The quantitative estimate of drug-likeness (QED) is 0.574. The number of rotatable bonds is 6. The van der Waals surface area contributed by atoms with E-state index in [-0.39, 0.29) is 29.8 Å². The highest BCUT2D eigenvalue weighted by Gasteiger charge is 2.39. The molecular formula is C24H27BrClN3O5. The molecule has 0 saturated carbocycles. The fraction of sp³-hybridized carbons (Fsp3) is 0.458. The normalized spacial score (nSPS) is 16.9. The Morgan fingerprint density at radius 3 is 2.65 bits per heavy atom. The number of halogens is 2. The van der Waals surface area contributed by atoms with Gasteiger partial charge in [-0.2, -0.15) is 0 Å². The Labute approximate surface area is 211 Å². The van der Waals surface area contributed by atoms with E-state index >= 15 is 0 Å². The highest BCUT2D eigenvalue weighted by Crippen LogP contribution is 2.42. The van der Waals surface area contributed by atoms with Crippen molar-refractivity contribution in [3.8, 4) is 0 Å². The van der Waals surface area contributed by atoms with Crippen molar-refractivity contribution in [1.29, 1.82) is 0 Å². The van der Waals surface area contributed by atoms with Gasteiger partial charge in [0.1, 0.15) is 6.61 Å². The molecule has 0 bridgehead atoms. The average Bonchev–Trinajstić information content (AvgIpc) is 2.76. The summed E-state index contributed by atoms with van der Waals surface area (Å²) < 4.78 is 6.53. The summed E-state index contributed by atoms with van der Waals surface area (Å²) in [6.45, 7) is 4.73. The minimum Gasteiger partial charge on any atom is -0.387 e. The molecule has 1 aromatic heterocycles. The molecule has 2 aliphatic rings. The average molecular weight is 553 g/mol. The number of amides is 2. The number of hydrogen-bond acceptors (Lipinski definition) is 5. The molecule has 4 rings (SSSR count). The van der Waals surface area contributed by atoms with Gasteiger partial charge in [0.2, 0.25) is 5.91 Å². The van der Waals surface area contributed by atoms with Gasteiger partial charge >= 0.3 is 0 Å². The van der Waals surface area contributed by atoms with Crippen LogP contribution in [-0.4, -0.2) is 65.1 Å². The number of fused-ring (bicyclic) bond motifs is 1. The van der Waals surface area contributed by atoms with Crippen LogP contribution in [0.1, 0.15) is 44.4 Å². The zero-order chi connectivity index (χ0) is 24.7. The first-order valence-electron chi connectivity index (χ1n) is 11.1. The van der Waals surface area contributed by atoms with Gasteiger partial charge in [0.15, 0.2) is 0 Å². The van der Waals surface area contributed by atoms with Gasteiger partial charge in [-0.25, -0.2) is 0 Å². The number of carbonyl (C=O) groups excluding carboxylic acids is 2. The lowest BCUT2D eigenvalue weighted by Gasteiger charge is -2.43. The molecule has 0 aliphatic carbocycles. The second-order valence-electron chi connectivity index (χ2n) is 8.91. The van der Waals surface area contributed by atoms with E-state index in [9.17, 15) is 14.4 Å². The molecule has 1 aromatic carbocycles. The van der Waals surface area contributed by atoms with Crippen LogP contribution in [0.25, 0.3) is 0 Å². The second-order valence-corrected chi connectivity index (χ2v) is 10.1. The lowest BCUT2D eigenvalue weighted by atomic mass is 9.86. The molecule has 10 heteroatoms. The van der Waals surface area contributed by atoms with Gasteiger partial charge in [-0.1, -0.05) is 27.5 Å². The maximum Gasteiger partial charge on any atom is 0.256 e. The number of hydrogen-bond donors (Lipinski definition) is 2. The molecule has 2 amide bonds. The van der Waals surface area contributed by atoms with Gasteiger partial charge in [0.25, 0.3) is 11.5 Å². The third kappa shape index (κ3) is 4.42. The Hall–Kier alpha value is -2.20. The Bertz CT molecular complexity index is 1210. The smallest absolute Gasteiger partial charge is 0.256 e. The minimum atomic E-state index is -0.525. The third-order valence-electron chi connectivity index (χ3n) is 6.71. The number of aryl methyl sites for hydroxylation is 2. The van der Waals surface area contributed by atoms with Crippen molar-refractivity contribution in [3.05, 3.63) is 65.5 Å². The summed E-state index contributed by atoms with van der Waals surface area (Å²) in [4.78, 5) is 43.8. The van der Waals surface area contributed by atoms with Crippen LogP contribution >= 0.6 is 27.5 Å². The largest absolute Gasteiger partial charge is 0.387 e. The van der Waals surface area contributed by atoms with Crippen molar-refractivity contribution in [2.75, 3.05) is 33.4 Å². The van der Waals surface area contributed by atoms with Crippen LogP contribution in [0, 0.1) is 19.8 Å². The van der Waals surface area contributed by atoms with Crippen molar-refractivity contribution in [2.24, 2.45) is 5.92 Å². The summed E-state index contributed by atoms with van der Waals surface area (Å²) in [7, 11) is 1.57. The monoisotopic (exact) mass is 551 g/mol. The van der Waals surface area contributed by atoms with Crippen molar-refractivity contribution in [1.82, 2.24) is 14.8 Å². The van der Waals surface area contributed by atoms with Crippen LogP contribution in [0.2, 0.25) is 5.02 Å². The van der Waals surface area contributed by atoms with Crippen LogP contribution < -0.4 is 5.56 Å². The van der Waals surface area contributed by atoms with Gasteiger partial charge in [0, 0.05) is 54.0 Å². The Morgan fingerprint density at radius 1 is 1.32 bits per heavy atom. The summed E-state index contributed by atoms with van der Waals surface area (Å²) in [5.74, 6) is -0.559. The number of benzene rings is 1. The van der Waals surface area contributed by atoms with Crippen LogP contribution in [0.4, 0.5) is 0 Å². The first-order valence-corrected chi connectivity index (χ1v) is 12.2. The summed E-state index contributed by atoms with van der Waals surface area (Å²) in [6.07, 6.45) is 0.187. The van der Waals surface area contributed by atoms with E-state index in [1.165, 1.54) is 0 Å². The highest BCUT2D eigenvalue weighted by atomic mass is 79.9. The van der Waals surface area contributed by atoms with Crippen LogP contribution in [0.15, 0.2) is 21.4 Å². The molecule has 3 heterocycles. The number of methoxy groups -OCH3 is 1. The Balaban J connectivity index is 1.64. The molecule has 2 aliphatic heterocycles. The number of aromatic amines is 1. The molecular weight excluding hydrogens is 526 g/mol. The molecule has 182 valence electrons. The maximum absolute atomic E-state index is 13.6. The van der Waals surface area contributed by atoms with E-state index < -0.39 is 12.7 Å². The number of likely N-dealkylation sites (tertiary alicyclic amines) is 1. The van der Waals surface area contributed by atoms with E-state index in [1.807, 2.05) is 26.0 Å². The number of aliphatic hydroxyl groups excluding tert-OH is 1. The Morgan fingerprint density at radius 2 is 2.03 bits per heavy atom. The number of nitrogens with one attached hydrogen (secondary N) is 1. The number of aromatic nitrogens is 1. The number of H-pyrrole nitrogens is 1. The van der Waals surface area contributed by atoms with Gasteiger partial charge in [0.05, 0.1) is 23.2 Å². The first-order chi connectivity index (χ1) is 16.2. The first kappa shape index (κ1) is 24.9. The standard InChI is InChI=1S/C24H27BrClN3O5/c1-12-6-13(2)27-23(32)17(12)10-28-5-4-15-18(25)7-16(21(26)20(15)24(28)33)22(34-3)14-8-29(9-14)19(31)11-30/h6-7,14,22,30H,4-5,8-11H2,1-3H3,(H,27,32). The van der Waals surface area contributed by atoms with E-state index in [0.717, 1.165) is 21.3 Å². The lowest BCUT2D eigenvalue weighted by Crippen LogP contribution is -2.53. The number of pyridine rings is 1. The molecule has 1 saturated heterocycles. The zero-order valence-electron chi connectivity index (χ0n) is 19.3. The van der Waals surface area contributed by atoms with Gasteiger partial charge in [-0.05, 0) is 43.5 Å². The number of ether oxygens (including phenoxy) is 1. The third-order valence-corrected chi connectivity index (χ3v) is 7.82. The van der Waals surface area contributed by atoms with Crippen LogP contribution in [0.3, 0.4) is 0 Å². The number of aliphatic hydroxyl groups is 1. The summed E-state index contributed by atoms with van der Waals surface area (Å²) in [5.41, 5.74) is 3.92. The van der Waals surface area contributed by atoms with Gasteiger partial charge in [-0.3, -0.25) is 14.4 Å². The van der Waals surface area contributed by atoms with Crippen molar-refractivity contribution in [2.45, 2.75) is 32.9 Å². The van der Waals surface area contributed by atoms with Crippen LogP contribution in [0.5, 0.6) is 0 Å². The molecule has 2 N–H and O–H groups in total. The molecule has 1 fully saturated rings. The summed E-state index contributed by atoms with van der Waals surface area (Å²) >= 11 is 10.4. The maximum atomic E-state index is 13.6. The van der Waals surface area contributed by atoms with E-state index in [4.69, 9.17) is 21.4 Å². The molecule has 0 radical (unpaired) electrons. The van der Waals surface area contributed by atoms with Crippen LogP contribution in [-0.2, 0) is 22.5 Å². The fourth-order valence-corrected chi connectivity index (χ4v) is 5.87. The molecule has 0 spiro atoms. The van der Waals surface area contributed by atoms with Crippen molar-refractivity contribution < 1.29 is 19.4 Å².